The Labute approximate surface area is 205 Å². The Hall–Kier alpha value is -3.59. The molecule has 0 aliphatic rings. The van der Waals surface area contributed by atoms with Crippen LogP contribution in [-0.4, -0.2) is 39.5 Å². The van der Waals surface area contributed by atoms with Crippen LogP contribution < -0.4 is 13.7 Å². The summed E-state index contributed by atoms with van der Waals surface area (Å²) in [6.07, 6.45) is 0.737. The van der Waals surface area contributed by atoms with Gasteiger partial charge in [-0.3, -0.25) is 4.79 Å². The van der Waals surface area contributed by atoms with Crippen molar-refractivity contribution >= 4 is 16.0 Å². The van der Waals surface area contributed by atoms with Crippen LogP contribution in [0.25, 0.3) is 0 Å². The van der Waals surface area contributed by atoms with Crippen LogP contribution in [0.2, 0.25) is 0 Å². The van der Waals surface area contributed by atoms with Crippen LogP contribution in [0.1, 0.15) is 36.2 Å². The first-order valence-electron chi connectivity index (χ1n) is 11.0. The fourth-order valence-electron chi connectivity index (χ4n) is 3.40. The van der Waals surface area contributed by atoms with Crippen molar-refractivity contribution in [2.75, 3.05) is 14.2 Å². The molecule has 0 spiro atoms. The molecule has 0 radical (unpaired) electrons. The number of methoxy groups -OCH3 is 2. The maximum atomic E-state index is 13.4. The van der Waals surface area contributed by atoms with Gasteiger partial charge in [-0.05, 0) is 67.4 Å². The number of hydrogen-bond donors (Lipinski definition) is 0. The quantitative estimate of drug-likeness (QED) is 0.362. The zero-order chi connectivity index (χ0) is 25.6. The highest BCUT2D eigenvalue weighted by molar-refractivity contribution is 7.87. The van der Waals surface area contributed by atoms with Gasteiger partial charge in [0.25, 0.3) is 5.91 Å². The Morgan fingerprint density at radius 3 is 2.14 bits per heavy atom. The van der Waals surface area contributed by atoms with E-state index in [0.717, 1.165) is 36.2 Å². The molecule has 0 aromatic heterocycles. The highest BCUT2D eigenvalue weighted by Crippen LogP contribution is 2.28. The Morgan fingerprint density at radius 1 is 0.943 bits per heavy atom. The molecule has 3 rings (SSSR count). The predicted molar refractivity (Wildman–Crippen MR) is 130 cm³/mol. The van der Waals surface area contributed by atoms with E-state index >= 15 is 0 Å². The van der Waals surface area contributed by atoms with Crippen LogP contribution >= 0.6 is 0 Å². The number of carbonyl (C=O) groups is 1. The predicted octanol–water partition coefficient (Wildman–Crippen LogP) is 5.05. The first-order valence-corrected chi connectivity index (χ1v) is 12.4. The van der Waals surface area contributed by atoms with Gasteiger partial charge in [-0.2, -0.15) is 8.42 Å². The number of hydrogen-bond acceptors (Lipinski definition) is 6. The minimum atomic E-state index is -4.10. The molecular formula is C26H28FNO6S. The molecule has 0 heterocycles. The highest BCUT2D eigenvalue weighted by atomic mass is 32.2. The number of carbonyl (C=O) groups excluding carboxylic acids is 1. The summed E-state index contributed by atoms with van der Waals surface area (Å²) in [5, 5.41) is 0. The average Bonchev–Trinajstić information content (AvgIpc) is 2.87. The lowest BCUT2D eigenvalue weighted by Gasteiger charge is -2.29. The van der Waals surface area contributed by atoms with Crippen LogP contribution in [0.15, 0.2) is 71.6 Å². The van der Waals surface area contributed by atoms with Gasteiger partial charge >= 0.3 is 10.1 Å². The lowest BCUT2D eigenvalue weighted by Crippen LogP contribution is -2.38. The van der Waals surface area contributed by atoms with E-state index < -0.39 is 15.9 Å². The summed E-state index contributed by atoms with van der Waals surface area (Å²) < 4.78 is 53.8. The van der Waals surface area contributed by atoms with E-state index in [1.165, 1.54) is 19.2 Å². The molecule has 0 saturated carbocycles. The molecule has 9 heteroatoms. The molecule has 1 amide bonds. The molecule has 0 N–H and O–H groups in total. The molecule has 7 nitrogen and oxygen atoms in total. The van der Waals surface area contributed by atoms with E-state index in [4.69, 9.17) is 13.7 Å². The van der Waals surface area contributed by atoms with Crippen molar-refractivity contribution in [2.45, 2.75) is 37.8 Å². The number of ether oxygens (including phenoxy) is 2. The third-order valence-corrected chi connectivity index (χ3v) is 6.87. The first-order chi connectivity index (χ1) is 16.7. The lowest BCUT2D eigenvalue weighted by molar-refractivity contribution is 0.0668. The molecule has 0 unspecified atom stereocenters. The van der Waals surface area contributed by atoms with Gasteiger partial charge in [0.15, 0.2) is 0 Å². The second-order valence-corrected chi connectivity index (χ2v) is 9.44. The first kappa shape index (κ1) is 26.0. The minimum absolute atomic E-state index is 0.0657. The number of amides is 1. The van der Waals surface area contributed by atoms with Crippen molar-refractivity contribution in [3.63, 3.8) is 0 Å². The number of rotatable bonds is 10. The molecule has 186 valence electrons. The van der Waals surface area contributed by atoms with Crippen LogP contribution in [0.3, 0.4) is 0 Å². The molecule has 0 bridgehead atoms. The molecule has 35 heavy (non-hydrogen) atoms. The van der Waals surface area contributed by atoms with Crippen molar-refractivity contribution < 1.29 is 31.3 Å². The Balaban J connectivity index is 1.80. The summed E-state index contributed by atoms with van der Waals surface area (Å²) in [4.78, 5) is 15.0. The van der Waals surface area contributed by atoms with Gasteiger partial charge in [-0.1, -0.05) is 19.1 Å². The zero-order valence-electron chi connectivity index (χ0n) is 20.0. The molecule has 3 aromatic carbocycles. The van der Waals surface area contributed by atoms with E-state index in [1.807, 2.05) is 13.8 Å². The van der Waals surface area contributed by atoms with E-state index in [-0.39, 0.29) is 22.6 Å². The standard InChI is InChI=1S/C26H28FNO6S/c1-5-18(2)28(26(29)24-15-12-22(32-3)16-25(24)33-4)17-19-6-10-21(11-7-19)34-35(30,31)23-13-8-20(27)9-14-23/h6-16,18H,5,17H2,1-4H3/t18-/m0/s1. The number of nitrogens with zero attached hydrogens (tertiary/aromatic N) is 1. The van der Waals surface area contributed by atoms with Gasteiger partial charge in [0.1, 0.15) is 28.0 Å². The largest absolute Gasteiger partial charge is 0.497 e. The molecular weight excluding hydrogens is 473 g/mol. The second-order valence-electron chi connectivity index (χ2n) is 7.89. The Kier molecular flexibility index (Phi) is 8.34. The molecule has 0 fully saturated rings. The third kappa shape index (κ3) is 6.30. The molecule has 0 aliphatic carbocycles. The lowest BCUT2D eigenvalue weighted by atomic mass is 10.1. The monoisotopic (exact) mass is 501 g/mol. The fourth-order valence-corrected chi connectivity index (χ4v) is 4.33. The second kappa shape index (κ2) is 11.2. The van der Waals surface area contributed by atoms with E-state index in [0.29, 0.717) is 23.6 Å². The zero-order valence-corrected chi connectivity index (χ0v) is 20.8. The van der Waals surface area contributed by atoms with Gasteiger partial charge in [-0.25, -0.2) is 4.39 Å². The van der Waals surface area contributed by atoms with Gasteiger partial charge in [0.2, 0.25) is 0 Å². The van der Waals surface area contributed by atoms with Gasteiger partial charge < -0.3 is 18.6 Å². The smallest absolute Gasteiger partial charge is 0.339 e. The SMILES string of the molecule is CC[C@H](C)N(Cc1ccc(OS(=O)(=O)c2ccc(F)cc2)cc1)C(=O)c1ccc(OC)cc1OC. The topological polar surface area (TPSA) is 82.1 Å². The van der Waals surface area contributed by atoms with Gasteiger partial charge in [0.05, 0.1) is 19.8 Å². The van der Waals surface area contributed by atoms with Crippen LogP contribution in [0, 0.1) is 5.82 Å². The summed E-state index contributed by atoms with van der Waals surface area (Å²) in [6, 6.07) is 15.8. The Morgan fingerprint density at radius 2 is 1.57 bits per heavy atom. The van der Waals surface area contributed by atoms with Crippen molar-refractivity contribution in [2.24, 2.45) is 0 Å². The van der Waals surface area contributed by atoms with E-state index in [2.05, 4.69) is 0 Å². The maximum Gasteiger partial charge on any atom is 0.339 e. The van der Waals surface area contributed by atoms with Crippen LogP contribution in [0.5, 0.6) is 17.2 Å². The van der Waals surface area contributed by atoms with Crippen molar-refractivity contribution in [1.82, 2.24) is 4.90 Å². The molecule has 3 aromatic rings. The van der Waals surface area contributed by atoms with Crippen LogP contribution in [-0.2, 0) is 16.7 Å². The van der Waals surface area contributed by atoms with Gasteiger partial charge in [-0.15, -0.1) is 0 Å². The van der Waals surface area contributed by atoms with Crippen LogP contribution in [0.4, 0.5) is 4.39 Å². The summed E-state index contributed by atoms with van der Waals surface area (Å²) in [5.74, 6) is 0.368. The van der Waals surface area contributed by atoms with E-state index in [1.54, 1.807) is 42.3 Å². The maximum absolute atomic E-state index is 13.4. The summed E-state index contributed by atoms with van der Waals surface area (Å²) in [6.45, 7) is 4.25. The van der Waals surface area contributed by atoms with E-state index in [9.17, 15) is 17.6 Å². The molecule has 0 aliphatic heterocycles. The third-order valence-electron chi connectivity index (χ3n) is 5.61. The summed E-state index contributed by atoms with van der Waals surface area (Å²) in [7, 11) is -1.06. The molecule has 0 saturated heterocycles. The number of halogens is 1. The normalized spacial score (nSPS) is 12.0. The summed E-state index contributed by atoms with van der Waals surface area (Å²) >= 11 is 0. The summed E-state index contributed by atoms with van der Waals surface area (Å²) in [5.41, 5.74) is 1.21. The highest BCUT2D eigenvalue weighted by Gasteiger charge is 2.24. The minimum Gasteiger partial charge on any atom is -0.497 e. The Bertz CT molecular complexity index is 1260. The molecule has 1 atom stereocenters. The van der Waals surface area contributed by atoms with Crippen molar-refractivity contribution in [3.05, 3.63) is 83.7 Å². The average molecular weight is 502 g/mol. The van der Waals surface area contributed by atoms with Crippen molar-refractivity contribution in [3.8, 4) is 17.2 Å². The fraction of sp³-hybridized carbons (Fsp3) is 0.269. The number of benzene rings is 3. The van der Waals surface area contributed by atoms with Crippen molar-refractivity contribution in [1.29, 1.82) is 0 Å². The van der Waals surface area contributed by atoms with Gasteiger partial charge in [0, 0.05) is 18.7 Å².